The number of carbonyl (C=O) groups is 2. The lowest BCUT2D eigenvalue weighted by Crippen LogP contribution is -2.28. The van der Waals surface area contributed by atoms with Crippen molar-refractivity contribution >= 4 is 11.9 Å². The van der Waals surface area contributed by atoms with Gasteiger partial charge in [0.15, 0.2) is 0 Å². The fraction of sp³-hybridized carbons (Fsp3) is 0.455. The summed E-state index contributed by atoms with van der Waals surface area (Å²) in [5.74, 6) is -1.68. The molecule has 0 amide bonds. The summed E-state index contributed by atoms with van der Waals surface area (Å²) in [6.07, 6.45) is -0.373. The van der Waals surface area contributed by atoms with Crippen molar-refractivity contribution in [3.8, 4) is 0 Å². The molecule has 0 unspecified atom stereocenters. The second-order valence-corrected chi connectivity index (χ2v) is 3.83. The minimum Gasteiger partial charge on any atom is -0.465 e. The van der Waals surface area contributed by atoms with Gasteiger partial charge >= 0.3 is 11.9 Å². The molecule has 98 valence electrons. The van der Waals surface area contributed by atoms with Crippen molar-refractivity contribution in [2.24, 2.45) is 0 Å². The highest BCUT2D eigenvalue weighted by atomic mass is 16.5. The first-order chi connectivity index (χ1) is 8.38. The van der Waals surface area contributed by atoms with Gasteiger partial charge in [-0.3, -0.25) is 4.79 Å². The lowest BCUT2D eigenvalue weighted by atomic mass is 10.1. The summed E-state index contributed by atoms with van der Waals surface area (Å²) < 4.78 is 9.44. The van der Waals surface area contributed by atoms with Gasteiger partial charge in [-0.2, -0.15) is 5.10 Å². The third kappa shape index (κ3) is 2.73. The van der Waals surface area contributed by atoms with E-state index in [2.05, 4.69) is 14.9 Å². The highest BCUT2D eigenvalue weighted by Gasteiger charge is 2.26. The van der Waals surface area contributed by atoms with Crippen LogP contribution in [0.4, 0.5) is 0 Å². The normalized spacial score (nSPS) is 10.3. The van der Waals surface area contributed by atoms with Gasteiger partial charge in [0.05, 0.1) is 18.9 Å². The van der Waals surface area contributed by atoms with Crippen LogP contribution >= 0.6 is 0 Å². The van der Waals surface area contributed by atoms with Gasteiger partial charge in [-0.05, 0) is 20.8 Å². The maximum atomic E-state index is 11.8. The summed E-state index contributed by atoms with van der Waals surface area (Å²) in [5.41, 5.74) is -1.15. The molecule has 0 atom stereocenters. The van der Waals surface area contributed by atoms with Crippen LogP contribution in [-0.4, -0.2) is 35.3 Å². The topological polar surface area (TPSA) is 98.3 Å². The number of nitrogens with zero attached hydrogens (tertiary/aromatic N) is 1. The van der Waals surface area contributed by atoms with Crippen molar-refractivity contribution in [3.05, 3.63) is 27.2 Å². The van der Waals surface area contributed by atoms with Crippen LogP contribution in [0.3, 0.4) is 0 Å². The summed E-state index contributed by atoms with van der Waals surface area (Å²) in [4.78, 5) is 34.9. The van der Waals surface area contributed by atoms with Crippen LogP contribution in [0.25, 0.3) is 0 Å². The first-order valence-electron chi connectivity index (χ1n) is 5.27. The lowest BCUT2D eigenvalue weighted by Gasteiger charge is -2.11. The largest absolute Gasteiger partial charge is 0.465 e. The number of aryl methyl sites for hydroxylation is 1. The molecule has 0 fully saturated rings. The van der Waals surface area contributed by atoms with E-state index in [0.29, 0.717) is 0 Å². The number of rotatable bonds is 3. The number of hydrogen-bond donors (Lipinski definition) is 1. The summed E-state index contributed by atoms with van der Waals surface area (Å²) in [6.45, 7) is 4.80. The lowest BCUT2D eigenvalue weighted by molar-refractivity contribution is 0.0365. The van der Waals surface area contributed by atoms with Crippen molar-refractivity contribution < 1.29 is 19.1 Å². The van der Waals surface area contributed by atoms with Crippen LogP contribution in [-0.2, 0) is 9.47 Å². The number of ether oxygens (including phenoxy) is 2. The predicted octanol–water partition coefficient (Wildman–Crippen LogP) is 0.430. The first-order valence-corrected chi connectivity index (χ1v) is 5.27. The second kappa shape index (κ2) is 5.44. The zero-order chi connectivity index (χ0) is 13.9. The van der Waals surface area contributed by atoms with Crippen LogP contribution in [0.15, 0.2) is 4.79 Å². The minimum absolute atomic E-state index is 0.167. The Morgan fingerprint density at radius 1 is 1.22 bits per heavy atom. The molecule has 0 aliphatic carbocycles. The Morgan fingerprint density at radius 2 is 1.83 bits per heavy atom. The van der Waals surface area contributed by atoms with E-state index in [1.807, 2.05) is 0 Å². The van der Waals surface area contributed by atoms with E-state index in [-0.39, 0.29) is 17.4 Å². The Hall–Kier alpha value is -2.18. The van der Waals surface area contributed by atoms with Crippen LogP contribution < -0.4 is 5.56 Å². The smallest absolute Gasteiger partial charge is 0.344 e. The molecule has 1 aromatic heterocycles. The fourth-order valence-electron chi connectivity index (χ4n) is 1.36. The maximum Gasteiger partial charge on any atom is 0.344 e. The molecule has 0 aromatic carbocycles. The zero-order valence-corrected chi connectivity index (χ0v) is 10.6. The molecule has 0 radical (unpaired) electrons. The van der Waals surface area contributed by atoms with Crippen molar-refractivity contribution in [2.45, 2.75) is 26.9 Å². The fourth-order valence-corrected chi connectivity index (χ4v) is 1.36. The summed E-state index contributed by atoms with van der Waals surface area (Å²) in [6, 6.07) is 0. The van der Waals surface area contributed by atoms with Crippen LogP contribution in [0.5, 0.6) is 0 Å². The van der Waals surface area contributed by atoms with Gasteiger partial charge in [-0.25, -0.2) is 14.7 Å². The number of carbonyl (C=O) groups excluding carboxylic acids is 2. The van der Waals surface area contributed by atoms with Crippen molar-refractivity contribution in [2.75, 3.05) is 7.11 Å². The molecule has 0 aliphatic heterocycles. The Labute approximate surface area is 103 Å². The van der Waals surface area contributed by atoms with E-state index >= 15 is 0 Å². The van der Waals surface area contributed by atoms with Crippen molar-refractivity contribution in [3.63, 3.8) is 0 Å². The van der Waals surface area contributed by atoms with Gasteiger partial charge in [0.1, 0.15) is 11.1 Å². The quantitative estimate of drug-likeness (QED) is 0.785. The third-order valence-electron chi connectivity index (χ3n) is 2.10. The summed E-state index contributed by atoms with van der Waals surface area (Å²) in [7, 11) is 1.12. The molecule has 7 nitrogen and oxygen atoms in total. The molecule has 0 spiro atoms. The Balaban J connectivity index is 3.41. The SMILES string of the molecule is COC(=O)c1c(C(=O)OC(C)C)c(C)n[nH]c1=O. The Kier molecular flexibility index (Phi) is 4.19. The van der Waals surface area contributed by atoms with Gasteiger partial charge in [0, 0.05) is 0 Å². The summed E-state index contributed by atoms with van der Waals surface area (Å²) >= 11 is 0. The standard InChI is InChI=1S/C11H14N2O5/c1-5(2)18-11(16)7-6(3)12-13-9(14)8(7)10(15)17-4/h5H,1-4H3,(H,13,14). The molecule has 0 saturated carbocycles. The van der Waals surface area contributed by atoms with E-state index in [0.717, 1.165) is 7.11 Å². The average molecular weight is 254 g/mol. The van der Waals surface area contributed by atoms with E-state index in [4.69, 9.17) is 4.74 Å². The van der Waals surface area contributed by atoms with Crippen LogP contribution in [0.2, 0.25) is 0 Å². The van der Waals surface area contributed by atoms with Crippen molar-refractivity contribution in [1.82, 2.24) is 10.2 Å². The number of H-pyrrole nitrogens is 1. The Morgan fingerprint density at radius 3 is 2.33 bits per heavy atom. The molecule has 0 aliphatic rings. The van der Waals surface area contributed by atoms with Crippen LogP contribution in [0, 0.1) is 6.92 Å². The highest BCUT2D eigenvalue weighted by molar-refractivity contribution is 6.03. The molecule has 1 N–H and O–H groups in total. The van der Waals surface area contributed by atoms with Gasteiger partial charge in [-0.1, -0.05) is 0 Å². The van der Waals surface area contributed by atoms with E-state index in [9.17, 15) is 14.4 Å². The molecule has 1 heterocycles. The van der Waals surface area contributed by atoms with Gasteiger partial charge in [0.2, 0.25) is 0 Å². The monoisotopic (exact) mass is 254 g/mol. The van der Waals surface area contributed by atoms with Gasteiger partial charge < -0.3 is 9.47 Å². The molecular formula is C11H14N2O5. The molecule has 1 rings (SSSR count). The number of esters is 2. The van der Waals surface area contributed by atoms with Crippen LogP contribution in [0.1, 0.15) is 40.3 Å². The number of hydrogen-bond acceptors (Lipinski definition) is 6. The number of aromatic amines is 1. The average Bonchev–Trinajstić information content (AvgIpc) is 2.29. The molecule has 18 heavy (non-hydrogen) atoms. The summed E-state index contributed by atoms with van der Waals surface area (Å²) in [5, 5.41) is 5.76. The van der Waals surface area contributed by atoms with Gasteiger partial charge in [0.25, 0.3) is 5.56 Å². The Bertz CT molecular complexity index is 533. The molecule has 0 saturated heterocycles. The molecule has 0 bridgehead atoms. The number of nitrogens with one attached hydrogen (secondary N) is 1. The van der Waals surface area contributed by atoms with E-state index in [1.54, 1.807) is 13.8 Å². The highest BCUT2D eigenvalue weighted by Crippen LogP contribution is 2.11. The molecular weight excluding hydrogens is 240 g/mol. The number of methoxy groups -OCH3 is 1. The van der Waals surface area contributed by atoms with E-state index in [1.165, 1.54) is 6.92 Å². The van der Waals surface area contributed by atoms with E-state index < -0.39 is 23.1 Å². The number of aromatic nitrogens is 2. The minimum atomic E-state index is -0.905. The maximum absolute atomic E-state index is 11.8. The predicted molar refractivity (Wildman–Crippen MR) is 61.5 cm³/mol. The molecule has 1 aromatic rings. The van der Waals surface area contributed by atoms with Crippen molar-refractivity contribution in [1.29, 1.82) is 0 Å². The zero-order valence-electron chi connectivity index (χ0n) is 10.6. The third-order valence-corrected chi connectivity index (χ3v) is 2.10. The van der Waals surface area contributed by atoms with Gasteiger partial charge in [-0.15, -0.1) is 0 Å². The second-order valence-electron chi connectivity index (χ2n) is 3.83. The molecule has 7 heteroatoms. The first kappa shape index (κ1) is 13.9.